The van der Waals surface area contributed by atoms with Crippen molar-refractivity contribution in [3.05, 3.63) is 12.1 Å². The van der Waals surface area contributed by atoms with Gasteiger partial charge in [-0.05, 0) is 0 Å². The summed E-state index contributed by atoms with van der Waals surface area (Å²) in [4.78, 5) is 0. The number of benzene rings is 1. The first-order valence-electron chi connectivity index (χ1n) is 28.7. The van der Waals surface area contributed by atoms with E-state index in [2.05, 4.69) is 90.2 Å². The van der Waals surface area contributed by atoms with E-state index in [1.807, 2.05) is 5.79 Å². The van der Waals surface area contributed by atoms with Crippen LogP contribution in [0.25, 0.3) is 20.2 Å². The minimum atomic E-state index is -2.73. The van der Waals surface area contributed by atoms with Crippen LogP contribution in [0.3, 0.4) is 0 Å². The van der Waals surface area contributed by atoms with Crippen LogP contribution < -0.4 is 15.3 Å². The van der Waals surface area contributed by atoms with E-state index in [0.717, 1.165) is 13.2 Å². The Hall–Kier alpha value is 0.337. The molecule has 1 aromatic carbocycles. The van der Waals surface area contributed by atoms with E-state index in [1.165, 1.54) is 264 Å². The number of fused-ring (bicyclic) bond motifs is 2. The minimum absolute atomic E-state index is 0.851. The molecule has 0 aliphatic carbocycles. The van der Waals surface area contributed by atoms with E-state index in [4.69, 9.17) is 9.47 Å². The van der Waals surface area contributed by atoms with Gasteiger partial charge in [0.25, 0.3) is 0 Å². The van der Waals surface area contributed by atoms with Gasteiger partial charge in [0.05, 0.1) is 0 Å². The van der Waals surface area contributed by atoms with Crippen LogP contribution in [0.1, 0.15) is 261 Å². The van der Waals surface area contributed by atoms with Crippen LogP contribution in [0.2, 0.25) is 26.6 Å². The Bertz CT molecular complexity index is 1360. The normalized spacial score (nSPS) is 12.4. The zero-order chi connectivity index (χ0) is 46.1. The van der Waals surface area contributed by atoms with Gasteiger partial charge in [0, 0.05) is 0 Å². The Morgan fingerprint density at radius 1 is 0.312 bits per heavy atom. The van der Waals surface area contributed by atoms with Gasteiger partial charge in [-0.1, -0.05) is 65.2 Å². The topological polar surface area (TPSA) is 18.5 Å². The Balaban J connectivity index is 2.14. The van der Waals surface area contributed by atoms with Gasteiger partial charge in [-0.15, -0.1) is 0 Å². The predicted molar refractivity (Wildman–Crippen MR) is 301 cm³/mol. The summed E-state index contributed by atoms with van der Waals surface area (Å²) in [6, 6.07) is 5.55. The maximum absolute atomic E-state index is 7.32. The molecule has 0 bridgehead atoms. The third kappa shape index (κ3) is 20.0. The van der Waals surface area contributed by atoms with E-state index in [0.29, 0.717) is 0 Å². The molecule has 2 heterocycles. The van der Waals surface area contributed by atoms with Gasteiger partial charge in [0.2, 0.25) is 0 Å². The average Bonchev–Trinajstić information content (AvgIpc) is 3.97. The fraction of sp³-hybridized carbons (Fsp3) is 0.828. The third-order valence-electron chi connectivity index (χ3n) is 15.0. The van der Waals surface area contributed by atoms with Crippen LogP contribution in [-0.4, -0.2) is 50.0 Å². The van der Waals surface area contributed by atoms with E-state index >= 15 is 0 Å². The monoisotopic (exact) mass is 1140 g/mol. The van der Waals surface area contributed by atoms with Gasteiger partial charge in [-0.3, -0.25) is 0 Å². The first-order chi connectivity index (χ1) is 31.4. The van der Waals surface area contributed by atoms with Crippen molar-refractivity contribution in [2.75, 3.05) is 13.2 Å². The molecule has 0 unspecified atom stereocenters. The molecule has 3 rings (SSSR count). The molecule has 0 fully saturated rings. The first-order valence-corrected chi connectivity index (χ1v) is 45.3. The van der Waals surface area contributed by atoms with Crippen molar-refractivity contribution in [3.63, 3.8) is 0 Å². The molecule has 0 atom stereocenters. The van der Waals surface area contributed by atoms with E-state index in [-0.39, 0.29) is 0 Å². The Kier molecular flexibility index (Phi) is 33.3. The molecule has 0 N–H and O–H groups in total. The molecule has 0 saturated carbocycles. The molecule has 2 nitrogen and oxygen atoms in total. The molecule has 0 radical (unpaired) electrons. The molecule has 0 aliphatic heterocycles. The number of unbranched alkanes of at least 4 members (excludes halogenated alkanes) is 24. The van der Waals surface area contributed by atoms with Crippen molar-refractivity contribution in [3.8, 4) is 11.5 Å². The van der Waals surface area contributed by atoms with Crippen LogP contribution in [0, 0.1) is 0 Å². The molecule has 0 amide bonds. The number of ether oxygens (including phenoxy) is 2. The summed E-state index contributed by atoms with van der Waals surface area (Å²) in [7, 11) is 0. The Morgan fingerprint density at radius 3 is 0.797 bits per heavy atom. The first kappa shape index (κ1) is 58.6. The molecule has 2 aromatic heterocycles. The molecule has 0 spiro atoms. The van der Waals surface area contributed by atoms with Gasteiger partial charge in [0.1, 0.15) is 0 Å². The number of rotatable bonds is 44. The summed E-state index contributed by atoms with van der Waals surface area (Å²) >= 11 is -1.01. The third-order valence-corrected chi connectivity index (χ3v) is 53.6. The fourth-order valence-electron chi connectivity index (χ4n) is 10.6. The van der Waals surface area contributed by atoms with Crippen molar-refractivity contribution >= 4 is 85.4 Å². The van der Waals surface area contributed by atoms with Gasteiger partial charge in [0.15, 0.2) is 0 Å². The van der Waals surface area contributed by atoms with Crippen molar-refractivity contribution in [2.24, 2.45) is 0 Å². The van der Waals surface area contributed by atoms with Crippen LogP contribution in [0.4, 0.5) is 0 Å². The van der Waals surface area contributed by atoms with Gasteiger partial charge < -0.3 is 0 Å². The zero-order valence-corrected chi connectivity index (χ0v) is 51.4. The van der Waals surface area contributed by atoms with Crippen LogP contribution >= 0.6 is 22.7 Å². The molecule has 0 saturated heterocycles. The summed E-state index contributed by atoms with van der Waals surface area (Å²) in [6.07, 6.45) is 43.6. The predicted octanol–water partition coefficient (Wildman–Crippen LogP) is 20.8. The second kappa shape index (κ2) is 36.3. The average molecular weight is 1140 g/mol. The molecular weight excluding hydrogens is 1030 g/mol. The second-order valence-corrected chi connectivity index (χ2v) is 51.0. The quantitative estimate of drug-likeness (QED) is 0.0415. The van der Waals surface area contributed by atoms with Crippen molar-refractivity contribution in [2.45, 2.75) is 287 Å². The molecule has 3 aromatic rings. The van der Waals surface area contributed by atoms with Crippen LogP contribution in [0.5, 0.6) is 11.5 Å². The molecular formula is C58H106O2S2Sn2. The maximum atomic E-state index is 7.32. The number of hydrogen-bond donors (Lipinski definition) is 0. The van der Waals surface area contributed by atoms with Gasteiger partial charge in [-0.2, -0.15) is 0 Å². The standard InChI is InChI=1S/C34H52O2S2.6C4H9.2Sn/c1-3-5-7-9-11-13-15-17-19-21-25-35-31-29-23-27-38-34(29)32(30-24-28-37-33(30)31)36-26-22-20-18-16-14-12-10-8-6-4-2;6*1-3-4-2;;/h23-24H,3-22,25-26H2,1-2H3;6*1,3-4H2,2H3;;. The summed E-state index contributed by atoms with van der Waals surface area (Å²) in [5.41, 5.74) is 0. The number of thiophene rings is 2. The Labute approximate surface area is 415 Å². The van der Waals surface area contributed by atoms with Crippen molar-refractivity contribution < 1.29 is 9.47 Å². The van der Waals surface area contributed by atoms with E-state index < -0.39 is 36.8 Å². The number of hydrogen-bond acceptors (Lipinski definition) is 4. The molecule has 0 aliphatic rings. The Morgan fingerprint density at radius 2 is 0.547 bits per heavy atom. The fourth-order valence-corrected chi connectivity index (χ4v) is 51.2. The van der Waals surface area contributed by atoms with E-state index in [1.54, 1.807) is 0 Å². The summed E-state index contributed by atoms with van der Waals surface area (Å²) in [6.45, 7) is 20.9. The summed E-state index contributed by atoms with van der Waals surface area (Å²) < 4.78 is 30.3. The van der Waals surface area contributed by atoms with Crippen molar-refractivity contribution in [1.29, 1.82) is 0 Å². The summed E-state index contributed by atoms with van der Waals surface area (Å²) in [5, 5.41) is 2.88. The summed E-state index contributed by atoms with van der Waals surface area (Å²) in [5.74, 6) is 2.52. The van der Waals surface area contributed by atoms with Gasteiger partial charge in [-0.25, -0.2) is 0 Å². The van der Waals surface area contributed by atoms with Crippen molar-refractivity contribution in [1.82, 2.24) is 0 Å². The van der Waals surface area contributed by atoms with Crippen LogP contribution in [-0.2, 0) is 0 Å². The molecule has 64 heavy (non-hydrogen) atoms. The van der Waals surface area contributed by atoms with Gasteiger partial charge >= 0.3 is 354 Å². The zero-order valence-electron chi connectivity index (χ0n) is 44.1. The second-order valence-electron chi connectivity index (χ2n) is 20.6. The SMILES string of the molecule is CCCCCCCCCCCCOc1c2c[c]([Sn]([CH2]CCC)([CH2]CCC)[CH2]CCC)sc2c(OCCCCCCCCCCCC)c2c[c]([Sn]([CH2]CCC)([CH2]CCC)[CH2]CCC)sc12. The molecule has 370 valence electrons. The molecule has 6 heteroatoms. The van der Waals surface area contributed by atoms with E-state index in [9.17, 15) is 0 Å². The van der Waals surface area contributed by atoms with Crippen LogP contribution in [0.15, 0.2) is 12.1 Å².